The Bertz CT molecular complexity index is 807. The molecular formula is C19H17NO3. The summed E-state index contributed by atoms with van der Waals surface area (Å²) in [5.41, 5.74) is 0.0488. The number of Topliss-reactive ketones (excluding diaryl/α,β-unsaturated/α-hetero) is 1. The molecule has 2 aromatic rings. The first-order chi connectivity index (χ1) is 11.1. The third-order valence-electron chi connectivity index (χ3n) is 4.74. The maximum absolute atomic E-state index is 12.1. The molecule has 116 valence electrons. The number of carbonyl (C=O) groups excluding carboxylic acids is 2. The molecule has 1 aliphatic rings. The molecule has 1 fully saturated rings. The van der Waals surface area contributed by atoms with Crippen LogP contribution in [0.15, 0.2) is 42.5 Å². The van der Waals surface area contributed by atoms with Gasteiger partial charge in [-0.15, -0.1) is 0 Å². The van der Waals surface area contributed by atoms with E-state index in [2.05, 4.69) is 6.07 Å². The summed E-state index contributed by atoms with van der Waals surface area (Å²) in [4.78, 5) is 24.0. The molecule has 1 saturated carbocycles. The van der Waals surface area contributed by atoms with Gasteiger partial charge in [0.1, 0.15) is 11.7 Å². The number of methoxy groups -OCH3 is 1. The van der Waals surface area contributed by atoms with E-state index in [4.69, 9.17) is 4.74 Å². The minimum absolute atomic E-state index is 0.136. The van der Waals surface area contributed by atoms with E-state index in [0.717, 1.165) is 16.3 Å². The van der Waals surface area contributed by atoms with Gasteiger partial charge in [0.05, 0.1) is 18.6 Å². The molecular weight excluding hydrogens is 290 g/mol. The Labute approximate surface area is 134 Å². The van der Waals surface area contributed by atoms with Crippen LogP contribution in [0.1, 0.15) is 24.8 Å². The Balaban J connectivity index is 2.12. The lowest BCUT2D eigenvalue weighted by molar-refractivity contribution is -0.151. The Kier molecular flexibility index (Phi) is 3.87. The number of ketones is 1. The largest absolute Gasteiger partial charge is 0.468 e. The number of nitrogens with zero attached hydrogens (tertiary/aromatic N) is 1. The normalized spacial score (nSPS) is 24.2. The van der Waals surface area contributed by atoms with Crippen LogP contribution < -0.4 is 0 Å². The van der Waals surface area contributed by atoms with E-state index in [0.29, 0.717) is 6.42 Å². The summed E-state index contributed by atoms with van der Waals surface area (Å²) in [5.74, 6) is -1.54. The van der Waals surface area contributed by atoms with Crippen molar-refractivity contribution in [3.63, 3.8) is 0 Å². The summed E-state index contributed by atoms with van der Waals surface area (Å²) < 4.78 is 4.75. The molecule has 0 unspecified atom stereocenters. The van der Waals surface area contributed by atoms with Crippen LogP contribution in [-0.4, -0.2) is 18.9 Å². The number of esters is 1. The van der Waals surface area contributed by atoms with Gasteiger partial charge in [-0.05, 0) is 29.2 Å². The van der Waals surface area contributed by atoms with Crippen molar-refractivity contribution in [1.29, 1.82) is 5.26 Å². The molecule has 0 heterocycles. The Hall–Kier alpha value is -2.67. The Morgan fingerprint density at radius 1 is 1.26 bits per heavy atom. The van der Waals surface area contributed by atoms with Gasteiger partial charge in [-0.1, -0.05) is 42.5 Å². The number of rotatable bonds is 2. The maximum Gasteiger partial charge on any atom is 0.316 e. The number of fused-ring (bicyclic) bond motifs is 1. The van der Waals surface area contributed by atoms with Gasteiger partial charge in [0.25, 0.3) is 0 Å². The van der Waals surface area contributed by atoms with Gasteiger partial charge < -0.3 is 4.74 Å². The molecule has 4 nitrogen and oxygen atoms in total. The average Bonchev–Trinajstić information content (AvgIpc) is 2.61. The van der Waals surface area contributed by atoms with Crippen molar-refractivity contribution in [3.8, 4) is 6.07 Å². The molecule has 23 heavy (non-hydrogen) atoms. The van der Waals surface area contributed by atoms with Gasteiger partial charge in [-0.25, -0.2) is 0 Å². The highest BCUT2D eigenvalue weighted by Crippen LogP contribution is 2.43. The molecule has 2 aromatic carbocycles. The summed E-state index contributed by atoms with van der Waals surface area (Å²) in [5, 5.41) is 11.9. The van der Waals surface area contributed by atoms with Gasteiger partial charge in [-0.3, -0.25) is 9.59 Å². The summed E-state index contributed by atoms with van der Waals surface area (Å²) >= 11 is 0. The van der Waals surface area contributed by atoms with E-state index in [1.807, 2.05) is 42.5 Å². The number of nitriles is 1. The summed E-state index contributed by atoms with van der Waals surface area (Å²) in [6, 6.07) is 16.1. The van der Waals surface area contributed by atoms with Crippen LogP contribution in [0, 0.1) is 17.2 Å². The first-order valence-electron chi connectivity index (χ1n) is 7.61. The molecule has 0 radical (unpaired) electrons. The van der Waals surface area contributed by atoms with Crippen LogP contribution >= 0.6 is 0 Å². The monoisotopic (exact) mass is 307 g/mol. The minimum atomic E-state index is -0.854. The van der Waals surface area contributed by atoms with Crippen LogP contribution in [0.25, 0.3) is 10.8 Å². The second kappa shape index (κ2) is 5.85. The lowest BCUT2D eigenvalue weighted by atomic mass is 9.65. The molecule has 0 amide bonds. The van der Waals surface area contributed by atoms with Gasteiger partial charge >= 0.3 is 5.97 Å². The predicted molar refractivity (Wildman–Crippen MR) is 85.6 cm³/mol. The molecule has 0 spiro atoms. The zero-order valence-electron chi connectivity index (χ0n) is 12.9. The first kappa shape index (κ1) is 15.2. The third kappa shape index (κ3) is 2.49. The lowest BCUT2D eigenvalue weighted by Crippen LogP contribution is -2.40. The summed E-state index contributed by atoms with van der Waals surface area (Å²) in [6.45, 7) is 0. The number of benzene rings is 2. The number of ether oxygens (including phenoxy) is 1. The van der Waals surface area contributed by atoms with Crippen molar-refractivity contribution in [3.05, 3.63) is 48.0 Å². The van der Waals surface area contributed by atoms with Crippen LogP contribution in [0.2, 0.25) is 0 Å². The zero-order chi connectivity index (χ0) is 16.4. The number of carbonyl (C=O) groups is 2. The van der Waals surface area contributed by atoms with Crippen molar-refractivity contribution < 1.29 is 14.3 Å². The molecule has 0 N–H and O–H groups in total. The van der Waals surface area contributed by atoms with Crippen molar-refractivity contribution in [1.82, 2.24) is 0 Å². The molecule has 0 saturated heterocycles. The van der Waals surface area contributed by atoms with E-state index >= 15 is 0 Å². The van der Waals surface area contributed by atoms with Crippen molar-refractivity contribution in [2.45, 2.75) is 24.7 Å². The second-order valence-corrected chi connectivity index (χ2v) is 5.97. The van der Waals surface area contributed by atoms with Crippen molar-refractivity contribution in [2.75, 3.05) is 7.11 Å². The SMILES string of the molecule is COC(=O)[C@H]1C[C@](C#N)(c2cccc3ccccc23)CCC1=O. The molecule has 2 atom stereocenters. The van der Waals surface area contributed by atoms with E-state index in [1.165, 1.54) is 7.11 Å². The topological polar surface area (TPSA) is 67.2 Å². The van der Waals surface area contributed by atoms with Gasteiger partial charge in [0, 0.05) is 6.42 Å². The Morgan fingerprint density at radius 2 is 2.00 bits per heavy atom. The van der Waals surface area contributed by atoms with Crippen LogP contribution in [0.4, 0.5) is 0 Å². The van der Waals surface area contributed by atoms with E-state index in [-0.39, 0.29) is 18.6 Å². The van der Waals surface area contributed by atoms with Gasteiger partial charge in [0.2, 0.25) is 0 Å². The fourth-order valence-electron chi connectivity index (χ4n) is 3.48. The van der Waals surface area contributed by atoms with E-state index in [1.54, 1.807) is 0 Å². The highest BCUT2D eigenvalue weighted by Gasteiger charge is 2.45. The maximum atomic E-state index is 12.1. The summed E-state index contributed by atoms with van der Waals surface area (Å²) in [6.07, 6.45) is 0.837. The molecule has 1 aliphatic carbocycles. The highest BCUT2D eigenvalue weighted by molar-refractivity contribution is 6.00. The van der Waals surface area contributed by atoms with Gasteiger partial charge in [0.15, 0.2) is 0 Å². The average molecular weight is 307 g/mol. The van der Waals surface area contributed by atoms with E-state index in [9.17, 15) is 14.9 Å². The lowest BCUT2D eigenvalue weighted by Gasteiger charge is -2.34. The number of hydrogen-bond donors (Lipinski definition) is 0. The fraction of sp³-hybridized carbons (Fsp3) is 0.316. The fourth-order valence-corrected chi connectivity index (χ4v) is 3.48. The number of hydrogen-bond acceptors (Lipinski definition) is 4. The van der Waals surface area contributed by atoms with Crippen molar-refractivity contribution >= 4 is 22.5 Å². The predicted octanol–water partition coefficient (Wildman–Crippen LogP) is 3.14. The highest BCUT2D eigenvalue weighted by atomic mass is 16.5. The van der Waals surface area contributed by atoms with Crippen LogP contribution in [0.5, 0.6) is 0 Å². The second-order valence-electron chi connectivity index (χ2n) is 5.97. The van der Waals surface area contributed by atoms with Crippen molar-refractivity contribution in [2.24, 2.45) is 5.92 Å². The van der Waals surface area contributed by atoms with E-state index < -0.39 is 17.3 Å². The minimum Gasteiger partial charge on any atom is -0.468 e. The molecule has 0 aliphatic heterocycles. The van der Waals surface area contributed by atoms with Gasteiger partial charge in [-0.2, -0.15) is 5.26 Å². The first-order valence-corrected chi connectivity index (χ1v) is 7.61. The van der Waals surface area contributed by atoms with Crippen LogP contribution in [-0.2, 0) is 19.7 Å². The van der Waals surface area contributed by atoms with Crippen LogP contribution in [0.3, 0.4) is 0 Å². The smallest absolute Gasteiger partial charge is 0.316 e. The quantitative estimate of drug-likeness (QED) is 0.631. The molecule has 4 heteroatoms. The molecule has 0 bridgehead atoms. The third-order valence-corrected chi connectivity index (χ3v) is 4.74. The molecule has 0 aromatic heterocycles. The standard InChI is InChI=1S/C19H17NO3/c1-23-18(22)15-11-19(12-20,10-9-17(15)21)16-8-4-6-13-5-2-3-7-14(13)16/h2-8,15H,9-11H2,1H3/t15-,19+/m0/s1. The Morgan fingerprint density at radius 3 is 2.74 bits per heavy atom. The molecule has 3 rings (SSSR count). The summed E-state index contributed by atoms with van der Waals surface area (Å²) in [7, 11) is 1.27. The zero-order valence-corrected chi connectivity index (χ0v) is 12.9.